The van der Waals surface area contributed by atoms with E-state index in [0.29, 0.717) is 16.5 Å². The van der Waals surface area contributed by atoms with Crippen molar-refractivity contribution in [1.29, 1.82) is 0 Å². The summed E-state index contributed by atoms with van der Waals surface area (Å²) in [6, 6.07) is 9.24. The number of pyridine rings is 2. The third kappa shape index (κ3) is 3.57. The van der Waals surface area contributed by atoms with Crippen LogP contribution >= 0.6 is 11.3 Å². The summed E-state index contributed by atoms with van der Waals surface area (Å²) in [5.74, 6) is 0.218. The van der Waals surface area contributed by atoms with Crippen molar-refractivity contribution in [3.63, 3.8) is 0 Å². The van der Waals surface area contributed by atoms with Gasteiger partial charge in [-0.2, -0.15) is 0 Å². The first kappa shape index (κ1) is 16.1. The molecule has 3 aromatic rings. The number of aryl methyl sites for hydroxylation is 3. The number of carbonyl (C=O) groups excluding carboxylic acids is 1. The molecule has 0 radical (unpaired) electrons. The lowest BCUT2D eigenvalue weighted by Crippen LogP contribution is -2.15. The standard InChI is InChI=1S/C17H17N5OS/c1-10-6-4-8-14(19-10)22-16(23)15-17(24-12(3)20-15)21-13-7-5-9-18-11(13)2/h4-9,21H,1-3H3,(H,19,22,23). The van der Waals surface area contributed by atoms with Gasteiger partial charge in [0, 0.05) is 11.9 Å². The van der Waals surface area contributed by atoms with Gasteiger partial charge in [-0.3, -0.25) is 9.78 Å². The minimum absolute atomic E-state index is 0.290. The lowest BCUT2D eigenvalue weighted by atomic mass is 10.3. The lowest BCUT2D eigenvalue weighted by Gasteiger charge is -2.08. The zero-order valence-electron chi connectivity index (χ0n) is 13.6. The largest absolute Gasteiger partial charge is 0.344 e. The molecule has 0 atom stereocenters. The Bertz CT molecular complexity index is 890. The van der Waals surface area contributed by atoms with Crippen molar-refractivity contribution in [1.82, 2.24) is 15.0 Å². The molecular formula is C17H17N5OS. The maximum Gasteiger partial charge on any atom is 0.278 e. The molecule has 3 heterocycles. The minimum atomic E-state index is -0.290. The quantitative estimate of drug-likeness (QED) is 0.754. The van der Waals surface area contributed by atoms with Gasteiger partial charge in [0.25, 0.3) is 5.91 Å². The van der Waals surface area contributed by atoms with Crippen LogP contribution in [-0.4, -0.2) is 20.9 Å². The van der Waals surface area contributed by atoms with Gasteiger partial charge in [0.1, 0.15) is 10.8 Å². The van der Waals surface area contributed by atoms with Crippen molar-refractivity contribution >= 4 is 33.8 Å². The van der Waals surface area contributed by atoms with E-state index in [0.717, 1.165) is 22.1 Å². The summed E-state index contributed by atoms with van der Waals surface area (Å²) < 4.78 is 0. The molecule has 0 aromatic carbocycles. The fraction of sp³-hybridized carbons (Fsp3) is 0.176. The molecule has 0 fully saturated rings. The van der Waals surface area contributed by atoms with E-state index in [1.165, 1.54) is 11.3 Å². The van der Waals surface area contributed by atoms with Gasteiger partial charge in [0.15, 0.2) is 5.69 Å². The molecule has 2 N–H and O–H groups in total. The molecule has 7 heteroatoms. The van der Waals surface area contributed by atoms with E-state index in [1.807, 2.05) is 45.0 Å². The highest BCUT2D eigenvalue weighted by molar-refractivity contribution is 7.16. The molecule has 24 heavy (non-hydrogen) atoms. The van der Waals surface area contributed by atoms with Crippen LogP contribution in [0, 0.1) is 20.8 Å². The highest BCUT2D eigenvalue weighted by atomic mass is 32.1. The van der Waals surface area contributed by atoms with Crippen molar-refractivity contribution in [2.45, 2.75) is 20.8 Å². The monoisotopic (exact) mass is 339 g/mol. The van der Waals surface area contributed by atoms with Gasteiger partial charge in [-0.1, -0.05) is 6.07 Å². The Kier molecular flexibility index (Phi) is 4.52. The summed E-state index contributed by atoms with van der Waals surface area (Å²) in [6.45, 7) is 5.65. The average molecular weight is 339 g/mol. The Hall–Kier alpha value is -2.80. The van der Waals surface area contributed by atoms with E-state index in [4.69, 9.17) is 0 Å². The van der Waals surface area contributed by atoms with Gasteiger partial charge >= 0.3 is 0 Å². The van der Waals surface area contributed by atoms with Gasteiger partial charge < -0.3 is 10.6 Å². The predicted octanol–water partition coefficient (Wildman–Crippen LogP) is 3.85. The summed E-state index contributed by atoms with van der Waals surface area (Å²) in [5, 5.41) is 7.54. The number of aromatic nitrogens is 3. The maximum atomic E-state index is 12.6. The van der Waals surface area contributed by atoms with Gasteiger partial charge in [-0.05, 0) is 45.0 Å². The van der Waals surface area contributed by atoms with Crippen LogP contribution in [0.25, 0.3) is 0 Å². The molecule has 0 saturated carbocycles. The van der Waals surface area contributed by atoms with Gasteiger partial charge in [0.05, 0.1) is 16.4 Å². The average Bonchev–Trinajstić information content (AvgIpc) is 2.90. The third-order valence-corrected chi connectivity index (χ3v) is 4.22. The zero-order chi connectivity index (χ0) is 17.1. The van der Waals surface area contributed by atoms with Crippen molar-refractivity contribution in [3.05, 3.63) is 58.6 Å². The van der Waals surface area contributed by atoms with Crippen LogP contribution in [0.5, 0.6) is 0 Å². The van der Waals surface area contributed by atoms with Gasteiger partial charge in [0.2, 0.25) is 0 Å². The second-order valence-electron chi connectivity index (χ2n) is 5.29. The highest BCUT2D eigenvalue weighted by Gasteiger charge is 2.18. The van der Waals surface area contributed by atoms with Crippen LogP contribution in [-0.2, 0) is 0 Å². The Morgan fingerprint density at radius 1 is 1.08 bits per heavy atom. The molecule has 0 spiro atoms. The second kappa shape index (κ2) is 6.76. The first-order valence-corrected chi connectivity index (χ1v) is 8.25. The first-order valence-electron chi connectivity index (χ1n) is 7.44. The lowest BCUT2D eigenvalue weighted by molar-refractivity contribution is 0.102. The normalized spacial score (nSPS) is 10.5. The minimum Gasteiger partial charge on any atom is -0.344 e. The van der Waals surface area contributed by atoms with Gasteiger partial charge in [-0.25, -0.2) is 9.97 Å². The molecule has 6 nitrogen and oxygen atoms in total. The van der Waals surface area contributed by atoms with Gasteiger partial charge in [-0.15, -0.1) is 11.3 Å². The van der Waals surface area contributed by atoms with Crippen molar-refractivity contribution in [2.75, 3.05) is 10.6 Å². The molecule has 3 aromatic heterocycles. The van der Waals surface area contributed by atoms with Crippen LogP contribution in [0.3, 0.4) is 0 Å². The number of hydrogen-bond donors (Lipinski definition) is 2. The first-order chi connectivity index (χ1) is 11.5. The smallest absolute Gasteiger partial charge is 0.278 e. The van der Waals surface area contributed by atoms with E-state index in [9.17, 15) is 4.79 Å². The Morgan fingerprint density at radius 2 is 1.92 bits per heavy atom. The molecule has 0 unspecified atom stereocenters. The molecule has 1 amide bonds. The van der Waals surface area contributed by atoms with Crippen molar-refractivity contribution in [2.24, 2.45) is 0 Å². The van der Waals surface area contributed by atoms with Crippen LogP contribution in [0.15, 0.2) is 36.5 Å². The van der Waals surface area contributed by atoms with Crippen LogP contribution in [0.2, 0.25) is 0 Å². The molecule has 0 bridgehead atoms. The summed E-state index contributed by atoms with van der Waals surface area (Å²) in [7, 11) is 0. The van der Waals surface area contributed by atoms with E-state index in [-0.39, 0.29) is 5.91 Å². The Morgan fingerprint density at radius 3 is 2.67 bits per heavy atom. The topological polar surface area (TPSA) is 79.8 Å². The summed E-state index contributed by atoms with van der Waals surface area (Å²) in [5.41, 5.74) is 2.90. The number of rotatable bonds is 4. The molecule has 0 saturated heterocycles. The molecule has 122 valence electrons. The summed E-state index contributed by atoms with van der Waals surface area (Å²) in [6.07, 6.45) is 1.73. The van der Waals surface area contributed by atoms with E-state index < -0.39 is 0 Å². The molecular weight excluding hydrogens is 322 g/mol. The predicted molar refractivity (Wildman–Crippen MR) is 96.0 cm³/mol. The number of nitrogens with zero attached hydrogens (tertiary/aromatic N) is 3. The number of hydrogen-bond acceptors (Lipinski definition) is 6. The van der Waals surface area contributed by atoms with Crippen LogP contribution in [0.4, 0.5) is 16.5 Å². The van der Waals surface area contributed by atoms with Crippen molar-refractivity contribution < 1.29 is 4.79 Å². The number of anilines is 3. The fourth-order valence-electron chi connectivity index (χ4n) is 2.19. The molecule has 0 aliphatic heterocycles. The Labute approximate surface area is 144 Å². The molecule has 0 aliphatic carbocycles. The van der Waals surface area contributed by atoms with Crippen molar-refractivity contribution in [3.8, 4) is 0 Å². The zero-order valence-corrected chi connectivity index (χ0v) is 14.4. The Balaban J connectivity index is 1.86. The highest BCUT2D eigenvalue weighted by Crippen LogP contribution is 2.29. The fourth-order valence-corrected chi connectivity index (χ4v) is 3.02. The summed E-state index contributed by atoms with van der Waals surface area (Å²) >= 11 is 1.43. The number of carbonyl (C=O) groups is 1. The SMILES string of the molecule is Cc1cccc(NC(=O)c2nc(C)sc2Nc2cccnc2C)n1. The van der Waals surface area contributed by atoms with E-state index in [2.05, 4.69) is 25.6 Å². The van der Waals surface area contributed by atoms with Crippen LogP contribution < -0.4 is 10.6 Å². The van der Waals surface area contributed by atoms with E-state index in [1.54, 1.807) is 12.3 Å². The second-order valence-corrected chi connectivity index (χ2v) is 6.49. The summed E-state index contributed by atoms with van der Waals surface area (Å²) in [4.78, 5) is 25.5. The third-order valence-electron chi connectivity index (χ3n) is 3.33. The number of amides is 1. The maximum absolute atomic E-state index is 12.6. The number of nitrogens with one attached hydrogen (secondary N) is 2. The molecule has 0 aliphatic rings. The van der Waals surface area contributed by atoms with Crippen LogP contribution in [0.1, 0.15) is 26.9 Å². The van der Waals surface area contributed by atoms with E-state index >= 15 is 0 Å². The molecule has 3 rings (SSSR count). The number of thiazole rings is 1.